The van der Waals surface area contributed by atoms with Crippen LogP contribution in [0.25, 0.3) is 5.57 Å². The number of allylic oxidation sites excluding steroid dienone is 1. The normalized spacial score (nSPS) is 20.1. The van der Waals surface area contributed by atoms with Crippen molar-refractivity contribution >= 4 is 49.0 Å². The van der Waals surface area contributed by atoms with Gasteiger partial charge < -0.3 is 10.0 Å². The fraction of sp³-hybridized carbons (Fsp3) is 0.464. The number of nitrogens with zero attached hydrogens (tertiary/aromatic N) is 3. The third-order valence-corrected chi connectivity index (χ3v) is 9.21. The van der Waals surface area contributed by atoms with Gasteiger partial charge in [0.05, 0.1) is 5.69 Å². The number of benzene rings is 1. The summed E-state index contributed by atoms with van der Waals surface area (Å²) in [6, 6.07) is 6.35. The van der Waals surface area contributed by atoms with E-state index in [9.17, 15) is 5.11 Å². The minimum absolute atomic E-state index is 0.608. The van der Waals surface area contributed by atoms with Crippen molar-refractivity contribution in [1.29, 1.82) is 0 Å². The van der Waals surface area contributed by atoms with Gasteiger partial charge in [0.25, 0.3) is 0 Å². The van der Waals surface area contributed by atoms with E-state index >= 15 is 0 Å². The molecule has 0 unspecified atom stereocenters. The van der Waals surface area contributed by atoms with Crippen molar-refractivity contribution < 1.29 is 5.11 Å². The molecule has 5 rings (SSSR count). The van der Waals surface area contributed by atoms with E-state index in [4.69, 9.17) is 22.3 Å². The predicted octanol–water partition coefficient (Wildman–Crippen LogP) is 6.11. The molecule has 1 aromatic carbocycles. The summed E-state index contributed by atoms with van der Waals surface area (Å²) in [4.78, 5) is 9.34. The van der Waals surface area contributed by atoms with E-state index < -0.39 is 6.35 Å². The summed E-state index contributed by atoms with van der Waals surface area (Å²) in [5.41, 5.74) is 14.5. The Morgan fingerprint density at radius 3 is 2.47 bits per heavy atom. The van der Waals surface area contributed by atoms with E-state index in [1.807, 2.05) is 17.2 Å². The predicted molar refractivity (Wildman–Crippen MR) is 154 cm³/mol. The van der Waals surface area contributed by atoms with Gasteiger partial charge in [0.2, 0.25) is 0 Å². The Hall–Kier alpha value is -1.22. The molecule has 3 N–H and O–H groups in total. The lowest BCUT2D eigenvalue weighted by atomic mass is 9.87. The van der Waals surface area contributed by atoms with Gasteiger partial charge in [0.1, 0.15) is 0 Å². The van der Waals surface area contributed by atoms with Gasteiger partial charge in [-0.3, -0.25) is 15.6 Å². The maximum absolute atomic E-state index is 9.62. The molecule has 2 aliphatic heterocycles. The molecule has 36 heavy (non-hydrogen) atoms. The topological polar surface area (TPSA) is 65.6 Å². The Labute approximate surface area is 235 Å². The lowest BCUT2D eigenvalue weighted by Crippen LogP contribution is -2.46. The van der Waals surface area contributed by atoms with E-state index in [2.05, 4.69) is 55.5 Å². The van der Waals surface area contributed by atoms with Gasteiger partial charge in [-0.25, -0.2) is 0 Å². The first kappa shape index (κ1) is 26.4. The van der Waals surface area contributed by atoms with Crippen molar-refractivity contribution in [1.82, 2.24) is 14.8 Å². The molecule has 0 radical (unpaired) electrons. The molecule has 1 atom stereocenters. The number of likely N-dealkylation sites (tertiary alicyclic amines) is 2. The van der Waals surface area contributed by atoms with Crippen LogP contribution in [-0.2, 0) is 12.8 Å². The van der Waals surface area contributed by atoms with Gasteiger partial charge in [-0.1, -0.05) is 39.7 Å². The van der Waals surface area contributed by atoms with Gasteiger partial charge in [0.15, 0.2) is 6.35 Å². The van der Waals surface area contributed by atoms with Crippen LogP contribution >= 0.6 is 43.5 Å². The lowest BCUT2D eigenvalue weighted by molar-refractivity contribution is -0.0124. The molecule has 0 saturated carbocycles. The highest BCUT2D eigenvalue weighted by Gasteiger charge is 2.28. The first-order valence-electron chi connectivity index (χ1n) is 12.8. The van der Waals surface area contributed by atoms with Crippen LogP contribution in [0.5, 0.6) is 0 Å². The molecule has 3 aliphatic rings. The first-order valence-corrected chi connectivity index (χ1v) is 14.7. The van der Waals surface area contributed by atoms with E-state index in [1.54, 1.807) is 0 Å². The highest BCUT2D eigenvalue weighted by molar-refractivity contribution is 9.10. The molecule has 2 aromatic rings. The Bertz CT molecular complexity index is 1180. The van der Waals surface area contributed by atoms with Gasteiger partial charge in [0, 0.05) is 63.2 Å². The molecular weight excluding hydrogens is 604 g/mol. The van der Waals surface area contributed by atoms with Gasteiger partial charge in [-0.15, -0.1) is 0 Å². The Kier molecular flexibility index (Phi) is 8.25. The minimum Gasteiger partial charge on any atom is -0.375 e. The molecule has 192 valence electrons. The monoisotopic (exact) mass is 634 g/mol. The summed E-state index contributed by atoms with van der Waals surface area (Å²) in [5, 5.41) is 10.4. The van der Waals surface area contributed by atoms with Crippen molar-refractivity contribution in [2.45, 2.75) is 51.3 Å². The van der Waals surface area contributed by atoms with Crippen LogP contribution in [0.3, 0.4) is 0 Å². The SMILES string of the molecule is C=C(CC1CCN([C@H](N)O)CC1)N1CCC(=C2c3ncc(Br)cc3CCc3cc(Cl)cc(Br)c32)CC1. The molecule has 1 aliphatic carbocycles. The third-order valence-electron chi connectivity index (χ3n) is 7.94. The molecule has 0 amide bonds. The number of fused-ring (bicyclic) bond motifs is 2. The number of hydrogen-bond acceptors (Lipinski definition) is 5. The molecule has 8 heteroatoms. The molecule has 2 fully saturated rings. The number of aliphatic hydroxyl groups excluding tert-OH is 1. The van der Waals surface area contributed by atoms with Crippen LogP contribution in [0.4, 0.5) is 0 Å². The molecule has 0 bridgehead atoms. The zero-order valence-corrected chi connectivity index (χ0v) is 24.4. The summed E-state index contributed by atoms with van der Waals surface area (Å²) in [6.45, 7) is 8.13. The number of hydrogen-bond donors (Lipinski definition) is 2. The maximum atomic E-state index is 9.62. The van der Waals surface area contributed by atoms with Crippen LogP contribution < -0.4 is 5.73 Å². The van der Waals surface area contributed by atoms with Crippen LogP contribution in [0, 0.1) is 5.92 Å². The minimum atomic E-state index is -0.839. The highest BCUT2D eigenvalue weighted by atomic mass is 79.9. The zero-order chi connectivity index (χ0) is 25.4. The van der Waals surface area contributed by atoms with E-state index in [1.165, 1.54) is 33.5 Å². The molecule has 2 saturated heterocycles. The number of aryl methyl sites for hydroxylation is 2. The molecule has 3 heterocycles. The fourth-order valence-electron chi connectivity index (χ4n) is 5.96. The first-order chi connectivity index (χ1) is 17.3. The Balaban J connectivity index is 1.36. The fourth-order valence-corrected chi connectivity index (χ4v) is 7.41. The second-order valence-corrected chi connectivity index (χ2v) is 12.4. The second-order valence-electron chi connectivity index (χ2n) is 10.2. The Morgan fingerprint density at radius 2 is 1.78 bits per heavy atom. The number of halogens is 3. The quantitative estimate of drug-likeness (QED) is 0.397. The Morgan fingerprint density at radius 1 is 1.08 bits per heavy atom. The van der Waals surface area contributed by atoms with Crippen LogP contribution in [0.2, 0.25) is 5.02 Å². The van der Waals surface area contributed by atoms with Crippen molar-refractivity contribution in [3.05, 3.63) is 78.6 Å². The molecule has 0 spiro atoms. The smallest absolute Gasteiger partial charge is 0.160 e. The van der Waals surface area contributed by atoms with Crippen LogP contribution in [-0.4, -0.2) is 52.4 Å². The zero-order valence-electron chi connectivity index (χ0n) is 20.4. The summed E-state index contributed by atoms with van der Waals surface area (Å²) in [5.74, 6) is 0.608. The largest absolute Gasteiger partial charge is 0.375 e. The molecule has 1 aromatic heterocycles. The van der Waals surface area contributed by atoms with Crippen LogP contribution in [0.1, 0.15) is 54.5 Å². The van der Waals surface area contributed by atoms with Gasteiger partial charge >= 0.3 is 0 Å². The summed E-state index contributed by atoms with van der Waals surface area (Å²) >= 11 is 13.9. The highest BCUT2D eigenvalue weighted by Crippen LogP contribution is 2.43. The number of piperidine rings is 2. The molecule has 5 nitrogen and oxygen atoms in total. The number of aliphatic hydroxyl groups is 1. The standard InChI is InChI=1S/C28H33Br2ClN4O/c1-17(12-18-4-8-35(9-5-18)28(32)36)34-10-6-19(7-11-34)26-25-20(14-23(31)15-24(25)30)2-3-21-13-22(29)16-33-27(21)26/h13-16,18,28,36H,1-12,32H2/t28-/m0/s1. The third kappa shape index (κ3) is 5.62. The average molecular weight is 637 g/mol. The maximum Gasteiger partial charge on any atom is 0.160 e. The number of rotatable bonds is 4. The number of pyridine rings is 1. The number of aromatic nitrogens is 1. The van der Waals surface area contributed by atoms with E-state index in [0.717, 1.165) is 90.8 Å². The second kappa shape index (κ2) is 11.3. The van der Waals surface area contributed by atoms with E-state index in [-0.39, 0.29) is 0 Å². The molecular formula is C28H33Br2ClN4O. The summed E-state index contributed by atoms with van der Waals surface area (Å²) in [6.07, 6.45) is 8.10. The van der Waals surface area contributed by atoms with Crippen molar-refractivity contribution in [2.75, 3.05) is 26.2 Å². The van der Waals surface area contributed by atoms with Crippen LogP contribution in [0.15, 0.2) is 51.2 Å². The number of nitrogens with two attached hydrogens (primary N) is 1. The van der Waals surface area contributed by atoms with Gasteiger partial charge in [-0.2, -0.15) is 0 Å². The summed E-state index contributed by atoms with van der Waals surface area (Å²) < 4.78 is 2.07. The van der Waals surface area contributed by atoms with Crippen molar-refractivity contribution in [3.63, 3.8) is 0 Å². The lowest BCUT2D eigenvalue weighted by Gasteiger charge is -2.37. The van der Waals surface area contributed by atoms with E-state index in [0.29, 0.717) is 5.92 Å². The summed E-state index contributed by atoms with van der Waals surface area (Å²) in [7, 11) is 0. The average Bonchev–Trinajstić information content (AvgIpc) is 3.01. The van der Waals surface area contributed by atoms with Crippen molar-refractivity contribution in [3.8, 4) is 0 Å². The van der Waals surface area contributed by atoms with Crippen molar-refractivity contribution in [2.24, 2.45) is 11.7 Å². The van der Waals surface area contributed by atoms with Gasteiger partial charge in [-0.05, 0) is 96.1 Å².